The van der Waals surface area contributed by atoms with Crippen molar-refractivity contribution in [3.63, 3.8) is 0 Å². The maximum absolute atomic E-state index is 6.21. The molecule has 12 rings (SSSR count). The molecule has 1 fully saturated rings. The van der Waals surface area contributed by atoms with Crippen LogP contribution in [-0.2, 0) is 9.47 Å². The molecule has 4 aliphatic rings. The van der Waals surface area contributed by atoms with E-state index in [1.54, 1.807) is 0 Å². The summed E-state index contributed by atoms with van der Waals surface area (Å²) in [6.07, 6.45) is 19.8. The molecule has 0 radical (unpaired) electrons. The first-order valence-corrected chi connectivity index (χ1v) is 24.2. The summed E-state index contributed by atoms with van der Waals surface area (Å²) in [5, 5.41) is 2.67. The Morgan fingerprint density at radius 2 is 1.12 bits per heavy atom. The molecule has 0 bridgehead atoms. The van der Waals surface area contributed by atoms with Gasteiger partial charge in [-0.05, 0) is 58.0 Å². The summed E-state index contributed by atoms with van der Waals surface area (Å²) in [4.78, 5) is 4.17. The first kappa shape index (κ1) is 45.1. The maximum Gasteiger partial charge on any atom is 0.177 e. The third-order valence-electron chi connectivity index (χ3n) is 13.9. The van der Waals surface area contributed by atoms with Crippen LogP contribution in [0.5, 0.6) is 0 Å². The number of nitrogens with zero attached hydrogens (tertiary/aromatic N) is 1. The van der Waals surface area contributed by atoms with Gasteiger partial charge in [0.15, 0.2) is 11.4 Å². The van der Waals surface area contributed by atoms with E-state index in [0.717, 1.165) is 12.0 Å². The summed E-state index contributed by atoms with van der Waals surface area (Å²) < 4.78 is 12.1. The van der Waals surface area contributed by atoms with Gasteiger partial charge in [0.2, 0.25) is 0 Å². The summed E-state index contributed by atoms with van der Waals surface area (Å²) in [5.74, 6) is -0.117. The van der Waals surface area contributed by atoms with E-state index in [9.17, 15) is 0 Å². The Balaban J connectivity index is 0.000000121. The molecule has 1 saturated heterocycles. The number of benzene rings is 8. The zero-order valence-electron chi connectivity index (χ0n) is 39.3. The molecular weight excluding hydrogens is 838 g/mol. The van der Waals surface area contributed by atoms with Crippen LogP contribution in [0.2, 0.25) is 0 Å². The summed E-state index contributed by atoms with van der Waals surface area (Å²) in [6.45, 7) is 4.55. The Morgan fingerprint density at radius 3 is 1.75 bits per heavy atom. The standard InChI is InChI=1S/C24H20B.C23H16.C18H20NO2/c1-5-13-21(14-6-1)25(22-15-7-2-8-16-22,23-17-9-3-10-18-23)24-19-11-4-12-20-24;1-3-10-20-16(6-1)12-14-18-8-5-9-19-15-13-17-7-2-4-11-21(17)23(19)22(18)20;1-18(2)20-13-16(14-9-6-11-19-12-10-14)17(21-18)15-7-4-3-5-8-15/h1-20H;1-15,22H;3-5,7-8,10-12,16-17H,6,13H2,1-2H3/q-1;;+1/t;22-;16-,17-/m.01/s1. The van der Waals surface area contributed by atoms with Crippen LogP contribution in [0.1, 0.15) is 60.1 Å². The SMILES string of the molecule is C1=Cc2ccc3ccccc3c2[C@H]2C(=C1)C=Cc1ccccc12.CC1(C)OC[C@H](C2=[C+]CC=NC=C2)[C@@H](c2ccccc2)O1.c1ccc([B-](c2ccccc2)(c2ccccc2)c2ccccc2)cc1. The highest BCUT2D eigenvalue weighted by Crippen LogP contribution is 2.45. The lowest BCUT2D eigenvalue weighted by Crippen LogP contribution is -2.74. The zero-order valence-corrected chi connectivity index (χ0v) is 39.3. The van der Waals surface area contributed by atoms with Gasteiger partial charge in [0, 0.05) is 12.1 Å². The van der Waals surface area contributed by atoms with Gasteiger partial charge < -0.3 is 9.47 Å². The molecule has 3 atom stereocenters. The number of fused-ring (bicyclic) bond motifs is 7. The van der Waals surface area contributed by atoms with Crippen LogP contribution in [0.15, 0.2) is 259 Å². The number of rotatable bonds is 6. The predicted octanol–water partition coefficient (Wildman–Crippen LogP) is 12.9. The molecular formula is C65H56BNO2. The van der Waals surface area contributed by atoms with E-state index in [0.29, 0.717) is 12.5 Å². The van der Waals surface area contributed by atoms with E-state index in [1.165, 1.54) is 66.0 Å². The van der Waals surface area contributed by atoms with Crippen molar-refractivity contribution in [2.45, 2.75) is 38.1 Å². The average molecular weight is 894 g/mol. The number of ether oxygens (including phenoxy) is 2. The number of allylic oxidation sites excluding steroid dienone is 6. The summed E-state index contributed by atoms with van der Waals surface area (Å²) in [5.41, 5.74) is 14.5. The van der Waals surface area contributed by atoms with Crippen molar-refractivity contribution in [1.29, 1.82) is 0 Å². The second kappa shape index (κ2) is 20.7. The third kappa shape index (κ3) is 9.57. The minimum atomic E-state index is -1.22. The van der Waals surface area contributed by atoms with Crippen LogP contribution in [0.4, 0.5) is 0 Å². The van der Waals surface area contributed by atoms with Gasteiger partial charge >= 0.3 is 0 Å². The summed E-state index contributed by atoms with van der Waals surface area (Å²) in [7, 11) is 0. The molecule has 8 aromatic carbocycles. The van der Waals surface area contributed by atoms with Crippen molar-refractivity contribution in [3.05, 3.63) is 288 Å². The van der Waals surface area contributed by atoms with Gasteiger partial charge in [-0.3, -0.25) is 0 Å². The molecule has 0 aromatic heterocycles. The van der Waals surface area contributed by atoms with Crippen molar-refractivity contribution in [2.24, 2.45) is 10.9 Å². The highest BCUT2D eigenvalue weighted by atomic mass is 16.7. The van der Waals surface area contributed by atoms with Gasteiger partial charge in [0.05, 0.1) is 30.8 Å². The molecule has 69 heavy (non-hydrogen) atoms. The second-order valence-electron chi connectivity index (χ2n) is 18.5. The smallest absolute Gasteiger partial charge is 0.177 e. The van der Waals surface area contributed by atoms with Crippen LogP contribution < -0.4 is 21.9 Å². The lowest BCUT2D eigenvalue weighted by Gasteiger charge is -2.44. The molecule has 0 N–H and O–H groups in total. The Bertz CT molecular complexity index is 3030. The Hall–Kier alpha value is -7.72. The monoisotopic (exact) mass is 893 g/mol. The van der Waals surface area contributed by atoms with Crippen molar-refractivity contribution in [1.82, 2.24) is 0 Å². The molecule has 2 aliphatic carbocycles. The number of hydrogen-bond donors (Lipinski definition) is 0. The Labute approximate surface area is 408 Å². The predicted molar refractivity (Wildman–Crippen MR) is 291 cm³/mol. The fourth-order valence-electron chi connectivity index (χ4n) is 10.7. The first-order chi connectivity index (χ1) is 34.0. The minimum absolute atomic E-state index is 0.0276. The van der Waals surface area contributed by atoms with Crippen molar-refractivity contribution < 1.29 is 9.47 Å². The van der Waals surface area contributed by atoms with Crippen LogP contribution in [-0.4, -0.2) is 24.8 Å². The van der Waals surface area contributed by atoms with Gasteiger partial charge in [0.25, 0.3) is 0 Å². The first-order valence-electron chi connectivity index (χ1n) is 24.2. The van der Waals surface area contributed by atoms with Gasteiger partial charge in [-0.2, -0.15) is 21.9 Å². The highest BCUT2D eigenvalue weighted by molar-refractivity contribution is 7.19. The third-order valence-corrected chi connectivity index (χ3v) is 13.9. The summed E-state index contributed by atoms with van der Waals surface area (Å²) in [6, 6.07) is 75.8. The van der Waals surface area contributed by atoms with E-state index in [4.69, 9.17) is 9.47 Å². The lowest BCUT2D eigenvalue weighted by molar-refractivity contribution is -0.290. The molecule has 4 heteroatoms. The van der Waals surface area contributed by atoms with Crippen LogP contribution in [0.25, 0.3) is 22.9 Å². The molecule has 2 heterocycles. The maximum atomic E-state index is 6.21. The molecule has 336 valence electrons. The van der Waals surface area contributed by atoms with E-state index >= 15 is 0 Å². The number of aliphatic imine (C=N–C) groups is 1. The normalized spacial score (nSPS) is 18.4. The lowest BCUT2D eigenvalue weighted by atomic mass is 9.13. The van der Waals surface area contributed by atoms with E-state index in [2.05, 4.69) is 236 Å². The molecule has 0 unspecified atom stereocenters. The van der Waals surface area contributed by atoms with Gasteiger partial charge in [-0.25, -0.2) is 4.99 Å². The second-order valence-corrected chi connectivity index (χ2v) is 18.5. The molecule has 0 amide bonds. The molecule has 3 nitrogen and oxygen atoms in total. The zero-order chi connectivity index (χ0) is 46.9. The quantitative estimate of drug-likeness (QED) is 0.123. The largest absolute Gasteiger partial charge is 0.350 e. The summed E-state index contributed by atoms with van der Waals surface area (Å²) >= 11 is 0. The topological polar surface area (TPSA) is 30.8 Å². The van der Waals surface area contributed by atoms with E-state index < -0.39 is 11.9 Å². The molecule has 0 saturated carbocycles. The minimum Gasteiger partial charge on any atom is -0.350 e. The fraction of sp³-hybridized carbons (Fsp3) is 0.123. The van der Waals surface area contributed by atoms with Crippen LogP contribution >= 0.6 is 0 Å². The Morgan fingerprint density at radius 1 is 0.551 bits per heavy atom. The number of hydrogen-bond acceptors (Lipinski definition) is 3. The Kier molecular flexibility index (Phi) is 13.5. The average Bonchev–Trinajstić information content (AvgIpc) is 3.81. The van der Waals surface area contributed by atoms with E-state index in [-0.39, 0.29) is 12.0 Å². The van der Waals surface area contributed by atoms with Crippen molar-refractivity contribution >= 4 is 57.1 Å². The fourth-order valence-corrected chi connectivity index (χ4v) is 10.7. The van der Waals surface area contributed by atoms with E-state index in [1.807, 2.05) is 50.5 Å². The van der Waals surface area contributed by atoms with Gasteiger partial charge in [-0.1, -0.05) is 243 Å². The highest BCUT2D eigenvalue weighted by Gasteiger charge is 2.42. The van der Waals surface area contributed by atoms with Crippen LogP contribution in [0.3, 0.4) is 0 Å². The molecule has 8 aromatic rings. The van der Waals surface area contributed by atoms with Gasteiger partial charge in [0.1, 0.15) is 18.8 Å². The van der Waals surface area contributed by atoms with Crippen molar-refractivity contribution in [2.75, 3.05) is 6.61 Å². The van der Waals surface area contributed by atoms with Gasteiger partial charge in [-0.15, -0.1) is 0 Å². The van der Waals surface area contributed by atoms with Crippen molar-refractivity contribution in [3.8, 4) is 0 Å². The van der Waals surface area contributed by atoms with Crippen LogP contribution in [0, 0.1) is 12.0 Å². The molecule has 2 aliphatic heterocycles. The molecule has 0 spiro atoms.